The Balaban J connectivity index is 1.84. The van der Waals surface area contributed by atoms with E-state index in [2.05, 4.69) is 25.4 Å². The monoisotopic (exact) mass is 331 g/mol. The van der Waals surface area contributed by atoms with Crippen LogP contribution in [0.3, 0.4) is 0 Å². The minimum Gasteiger partial charge on any atom is -0.381 e. The maximum absolute atomic E-state index is 12.7. The van der Waals surface area contributed by atoms with Crippen LogP contribution in [-0.4, -0.2) is 39.2 Å². The van der Waals surface area contributed by atoms with E-state index in [-0.39, 0.29) is 17.9 Å². The molecule has 2 aromatic heterocycles. The van der Waals surface area contributed by atoms with Gasteiger partial charge in [-0.1, -0.05) is 5.16 Å². The van der Waals surface area contributed by atoms with Crippen LogP contribution in [0.15, 0.2) is 10.7 Å². The van der Waals surface area contributed by atoms with Crippen LogP contribution < -0.4 is 5.32 Å². The number of ether oxygens (including phenoxy) is 1. The van der Waals surface area contributed by atoms with E-state index < -0.39 is 0 Å². The van der Waals surface area contributed by atoms with E-state index in [1.54, 1.807) is 27.0 Å². The van der Waals surface area contributed by atoms with Gasteiger partial charge >= 0.3 is 0 Å². The number of rotatable bonds is 4. The third-order valence-electron chi connectivity index (χ3n) is 4.18. The quantitative estimate of drug-likeness (QED) is 0.909. The molecule has 2 aromatic rings. The van der Waals surface area contributed by atoms with Crippen LogP contribution in [0.4, 0.5) is 0 Å². The highest BCUT2D eigenvalue weighted by Crippen LogP contribution is 2.29. The normalized spacial score (nSPS) is 16.8. The zero-order chi connectivity index (χ0) is 17.1. The van der Waals surface area contributed by atoms with Gasteiger partial charge in [0.1, 0.15) is 11.9 Å². The smallest absolute Gasteiger partial charge is 0.255 e. The summed E-state index contributed by atoms with van der Waals surface area (Å²) in [5.41, 5.74) is 1.10. The molecule has 24 heavy (non-hydrogen) atoms. The molecule has 1 atom stereocenters. The van der Waals surface area contributed by atoms with E-state index in [0.717, 1.165) is 12.8 Å². The first-order valence-electron chi connectivity index (χ1n) is 8.03. The summed E-state index contributed by atoms with van der Waals surface area (Å²) in [7, 11) is 0. The van der Waals surface area contributed by atoms with Crippen LogP contribution in [-0.2, 0) is 4.74 Å². The van der Waals surface area contributed by atoms with Gasteiger partial charge in [-0.15, -0.1) is 0 Å². The van der Waals surface area contributed by atoms with E-state index >= 15 is 0 Å². The summed E-state index contributed by atoms with van der Waals surface area (Å²) in [6.45, 7) is 6.67. The van der Waals surface area contributed by atoms with E-state index in [4.69, 9.17) is 9.26 Å². The maximum atomic E-state index is 12.7. The van der Waals surface area contributed by atoms with Crippen molar-refractivity contribution >= 4 is 5.91 Å². The van der Waals surface area contributed by atoms with Crippen molar-refractivity contribution < 1.29 is 14.1 Å². The van der Waals surface area contributed by atoms with Gasteiger partial charge in [0.05, 0.1) is 11.3 Å². The van der Waals surface area contributed by atoms with E-state index in [1.165, 1.54) is 0 Å². The average molecular weight is 331 g/mol. The summed E-state index contributed by atoms with van der Waals surface area (Å²) in [6.07, 6.45) is 3.21. The summed E-state index contributed by atoms with van der Waals surface area (Å²) in [6, 6.07) is -0.344. The van der Waals surface area contributed by atoms with Gasteiger partial charge in [0.15, 0.2) is 5.82 Å². The molecule has 8 heteroatoms. The predicted molar refractivity (Wildman–Crippen MR) is 84.3 cm³/mol. The molecule has 0 radical (unpaired) electrons. The van der Waals surface area contributed by atoms with Crippen molar-refractivity contribution in [2.45, 2.75) is 39.7 Å². The Morgan fingerprint density at radius 2 is 1.96 bits per heavy atom. The van der Waals surface area contributed by atoms with Crippen LogP contribution in [0.5, 0.6) is 0 Å². The third kappa shape index (κ3) is 3.59. The standard InChI is InChI=1S/C16H21N5O3/c1-9-13(8-17-10(2)18-9)15(22)20-14(12-4-6-23-7-5-12)16-19-11(3)21-24-16/h8,12,14H,4-7H2,1-3H3,(H,20,22)/t14-/m0/s1. The largest absolute Gasteiger partial charge is 0.381 e. The van der Waals surface area contributed by atoms with Gasteiger partial charge in [0, 0.05) is 19.4 Å². The first-order chi connectivity index (χ1) is 11.5. The molecule has 0 spiro atoms. The lowest BCUT2D eigenvalue weighted by Gasteiger charge is -2.28. The van der Waals surface area contributed by atoms with Gasteiger partial charge in [-0.25, -0.2) is 9.97 Å². The number of carbonyl (C=O) groups is 1. The lowest BCUT2D eigenvalue weighted by Crippen LogP contribution is -2.36. The Kier molecular flexibility index (Phi) is 4.84. The Morgan fingerprint density at radius 1 is 1.21 bits per heavy atom. The van der Waals surface area contributed by atoms with E-state index in [9.17, 15) is 4.79 Å². The zero-order valence-corrected chi connectivity index (χ0v) is 14.1. The highest BCUT2D eigenvalue weighted by molar-refractivity contribution is 5.95. The van der Waals surface area contributed by atoms with Gasteiger partial charge in [-0.05, 0) is 39.5 Å². The Hall–Kier alpha value is -2.35. The molecule has 1 saturated heterocycles. The van der Waals surface area contributed by atoms with Crippen LogP contribution in [0.1, 0.15) is 52.5 Å². The number of hydrogen-bond donors (Lipinski definition) is 1. The summed E-state index contributed by atoms with van der Waals surface area (Å²) >= 11 is 0. The molecule has 1 aliphatic rings. The second-order valence-electron chi connectivity index (χ2n) is 6.00. The minimum absolute atomic E-state index is 0.189. The fraction of sp³-hybridized carbons (Fsp3) is 0.562. The van der Waals surface area contributed by atoms with Gasteiger partial charge in [-0.3, -0.25) is 4.79 Å². The third-order valence-corrected chi connectivity index (χ3v) is 4.18. The fourth-order valence-corrected chi connectivity index (χ4v) is 2.89. The molecule has 8 nitrogen and oxygen atoms in total. The molecular weight excluding hydrogens is 310 g/mol. The van der Waals surface area contributed by atoms with Crippen molar-refractivity contribution in [3.8, 4) is 0 Å². The molecule has 1 fully saturated rings. The zero-order valence-electron chi connectivity index (χ0n) is 14.1. The van der Waals surface area contributed by atoms with Crippen molar-refractivity contribution in [3.63, 3.8) is 0 Å². The second kappa shape index (κ2) is 7.04. The number of hydrogen-bond acceptors (Lipinski definition) is 7. The van der Waals surface area contributed by atoms with Gasteiger partial charge in [-0.2, -0.15) is 4.98 Å². The highest BCUT2D eigenvalue weighted by atomic mass is 16.5. The molecular formula is C16H21N5O3. The number of nitrogens with zero attached hydrogens (tertiary/aromatic N) is 4. The average Bonchev–Trinajstić information content (AvgIpc) is 2.99. The molecule has 1 aliphatic heterocycles. The summed E-state index contributed by atoms with van der Waals surface area (Å²) < 4.78 is 10.7. The molecule has 1 amide bonds. The topological polar surface area (TPSA) is 103 Å². The van der Waals surface area contributed by atoms with Crippen molar-refractivity contribution in [3.05, 3.63) is 35.0 Å². The molecule has 1 N–H and O–H groups in total. The lowest BCUT2D eigenvalue weighted by atomic mass is 9.91. The number of nitrogens with one attached hydrogen (secondary N) is 1. The molecule has 0 unspecified atom stereocenters. The molecule has 3 heterocycles. The van der Waals surface area contributed by atoms with Crippen molar-refractivity contribution in [1.29, 1.82) is 0 Å². The van der Waals surface area contributed by atoms with Crippen molar-refractivity contribution in [2.75, 3.05) is 13.2 Å². The van der Waals surface area contributed by atoms with Crippen LogP contribution in [0, 0.1) is 26.7 Å². The minimum atomic E-state index is -0.344. The SMILES string of the molecule is Cc1noc([C@@H](NC(=O)c2cnc(C)nc2C)C2CCOCC2)n1. The molecule has 0 aliphatic carbocycles. The molecule has 0 aromatic carbocycles. The summed E-state index contributed by atoms with van der Waals surface area (Å²) in [5.74, 6) is 1.57. The van der Waals surface area contributed by atoms with Gasteiger partial charge in [0.25, 0.3) is 5.91 Å². The first-order valence-corrected chi connectivity index (χ1v) is 8.03. The van der Waals surface area contributed by atoms with Gasteiger partial charge in [0.2, 0.25) is 5.89 Å². The van der Waals surface area contributed by atoms with Crippen molar-refractivity contribution in [2.24, 2.45) is 5.92 Å². The number of amides is 1. The summed E-state index contributed by atoms with van der Waals surface area (Å²) in [5, 5.41) is 6.87. The second-order valence-corrected chi connectivity index (χ2v) is 6.00. The van der Waals surface area contributed by atoms with Crippen LogP contribution >= 0.6 is 0 Å². The van der Waals surface area contributed by atoms with Crippen LogP contribution in [0.25, 0.3) is 0 Å². The maximum Gasteiger partial charge on any atom is 0.255 e. The molecule has 128 valence electrons. The number of aromatic nitrogens is 4. The molecule has 0 bridgehead atoms. The van der Waals surface area contributed by atoms with Gasteiger partial charge < -0.3 is 14.6 Å². The number of carbonyl (C=O) groups excluding carboxylic acids is 1. The van der Waals surface area contributed by atoms with E-state index in [1.807, 2.05) is 0 Å². The molecule has 3 rings (SSSR count). The molecule has 0 saturated carbocycles. The number of aryl methyl sites for hydroxylation is 3. The van der Waals surface area contributed by atoms with E-state index in [0.29, 0.717) is 42.0 Å². The Morgan fingerprint density at radius 3 is 2.58 bits per heavy atom. The highest BCUT2D eigenvalue weighted by Gasteiger charge is 2.31. The Labute approximate surface area is 140 Å². The van der Waals surface area contributed by atoms with Crippen molar-refractivity contribution in [1.82, 2.24) is 25.4 Å². The summed E-state index contributed by atoms with van der Waals surface area (Å²) in [4.78, 5) is 25.4. The first kappa shape index (κ1) is 16.5. The lowest BCUT2D eigenvalue weighted by molar-refractivity contribution is 0.0467. The Bertz CT molecular complexity index is 724. The fourth-order valence-electron chi connectivity index (χ4n) is 2.89. The predicted octanol–water partition coefficient (Wildman–Crippen LogP) is 1.68. The van der Waals surface area contributed by atoms with Crippen LogP contribution in [0.2, 0.25) is 0 Å².